The number of benzene rings is 2. The monoisotopic (exact) mass is 374 g/mol. The van der Waals surface area contributed by atoms with Gasteiger partial charge in [-0.2, -0.15) is 0 Å². The molecule has 0 aliphatic heterocycles. The minimum absolute atomic E-state index is 0.186. The van der Waals surface area contributed by atoms with Gasteiger partial charge >= 0.3 is 11.4 Å². The predicted molar refractivity (Wildman–Crippen MR) is 100 cm³/mol. The third-order valence-electron chi connectivity index (χ3n) is 4.81. The number of aromatic hydroxyl groups is 2. The topological polar surface area (TPSA) is 127 Å². The van der Waals surface area contributed by atoms with Gasteiger partial charge in [0.05, 0.1) is 9.85 Å². The summed E-state index contributed by atoms with van der Waals surface area (Å²) in [6.45, 7) is 5.89. The Labute approximate surface area is 156 Å². The van der Waals surface area contributed by atoms with E-state index in [0.717, 1.165) is 0 Å². The lowest BCUT2D eigenvalue weighted by Gasteiger charge is -2.35. The molecular weight excluding hydrogens is 352 g/mol. The number of nitrogens with zero attached hydrogens (tertiary/aromatic N) is 2. The largest absolute Gasteiger partial charge is 0.502 e. The van der Waals surface area contributed by atoms with Crippen molar-refractivity contribution in [2.45, 2.75) is 39.0 Å². The Morgan fingerprint density at radius 2 is 1.33 bits per heavy atom. The van der Waals surface area contributed by atoms with Crippen LogP contribution in [0.5, 0.6) is 11.5 Å². The molecule has 144 valence electrons. The number of hydrogen-bond acceptors (Lipinski definition) is 6. The zero-order chi connectivity index (χ0) is 20.4. The van der Waals surface area contributed by atoms with E-state index in [1.165, 1.54) is 24.3 Å². The SMILES string of the molecule is CCC(CC(C)C)(c1ccc(O)c([N+](=O)[O-])c1)c1ccc(O)c([N+](=O)[O-])c1. The highest BCUT2D eigenvalue weighted by atomic mass is 16.6. The van der Waals surface area contributed by atoms with E-state index in [1.54, 1.807) is 12.1 Å². The average Bonchev–Trinajstić information content (AvgIpc) is 2.60. The molecule has 0 fully saturated rings. The van der Waals surface area contributed by atoms with Crippen LogP contribution in [0, 0.1) is 26.1 Å². The highest BCUT2D eigenvalue weighted by molar-refractivity contribution is 5.55. The van der Waals surface area contributed by atoms with E-state index >= 15 is 0 Å². The minimum Gasteiger partial charge on any atom is -0.502 e. The van der Waals surface area contributed by atoms with Gasteiger partial charge in [-0.05, 0) is 42.0 Å². The summed E-state index contributed by atoms with van der Waals surface area (Å²) in [5.41, 5.74) is -0.401. The summed E-state index contributed by atoms with van der Waals surface area (Å²) >= 11 is 0. The van der Waals surface area contributed by atoms with Gasteiger partial charge in [-0.15, -0.1) is 0 Å². The van der Waals surface area contributed by atoms with Crippen molar-refractivity contribution >= 4 is 11.4 Å². The summed E-state index contributed by atoms with van der Waals surface area (Å²) in [6.07, 6.45) is 1.10. The van der Waals surface area contributed by atoms with Crippen LogP contribution in [0.4, 0.5) is 11.4 Å². The van der Waals surface area contributed by atoms with Crippen LogP contribution < -0.4 is 0 Å². The van der Waals surface area contributed by atoms with Crippen molar-refractivity contribution in [3.8, 4) is 11.5 Å². The van der Waals surface area contributed by atoms with Crippen LogP contribution in [0.15, 0.2) is 36.4 Å². The molecule has 0 saturated heterocycles. The van der Waals surface area contributed by atoms with Crippen LogP contribution in [-0.2, 0) is 5.41 Å². The van der Waals surface area contributed by atoms with Crippen molar-refractivity contribution in [1.29, 1.82) is 0 Å². The zero-order valence-electron chi connectivity index (χ0n) is 15.4. The third kappa shape index (κ3) is 3.84. The summed E-state index contributed by atoms with van der Waals surface area (Å²) in [7, 11) is 0. The first kappa shape index (κ1) is 20.2. The number of phenolic OH excluding ortho intramolecular Hbond substituents is 2. The zero-order valence-corrected chi connectivity index (χ0v) is 15.4. The molecule has 2 aromatic rings. The number of hydrogen-bond donors (Lipinski definition) is 2. The van der Waals surface area contributed by atoms with E-state index < -0.39 is 38.1 Å². The molecular formula is C19H22N2O6. The lowest BCUT2D eigenvalue weighted by Crippen LogP contribution is -2.29. The van der Waals surface area contributed by atoms with Gasteiger partial charge in [0.25, 0.3) is 0 Å². The maximum Gasteiger partial charge on any atom is 0.310 e. The Morgan fingerprint density at radius 3 is 1.63 bits per heavy atom. The van der Waals surface area contributed by atoms with Gasteiger partial charge in [-0.25, -0.2) is 0 Å². The fourth-order valence-electron chi connectivity index (χ4n) is 3.59. The molecule has 0 spiro atoms. The van der Waals surface area contributed by atoms with Gasteiger partial charge in [0.1, 0.15) is 0 Å². The molecule has 2 N–H and O–H groups in total. The van der Waals surface area contributed by atoms with Crippen molar-refractivity contribution in [3.05, 3.63) is 67.8 Å². The third-order valence-corrected chi connectivity index (χ3v) is 4.81. The van der Waals surface area contributed by atoms with Gasteiger partial charge in [-0.3, -0.25) is 20.2 Å². The summed E-state index contributed by atoms with van der Waals surface area (Å²) < 4.78 is 0. The molecule has 27 heavy (non-hydrogen) atoms. The molecule has 0 bridgehead atoms. The molecule has 0 saturated carbocycles. The second kappa shape index (κ2) is 7.61. The Bertz CT molecular complexity index is 815. The molecule has 0 amide bonds. The number of phenols is 2. The first-order valence-corrected chi connectivity index (χ1v) is 8.58. The van der Waals surface area contributed by atoms with E-state index in [4.69, 9.17) is 0 Å². The van der Waals surface area contributed by atoms with Gasteiger partial charge in [-0.1, -0.05) is 32.9 Å². The summed E-state index contributed by atoms with van der Waals surface area (Å²) in [5.74, 6) is -0.685. The fourth-order valence-corrected chi connectivity index (χ4v) is 3.59. The second-order valence-corrected chi connectivity index (χ2v) is 6.95. The Kier molecular flexibility index (Phi) is 5.68. The van der Waals surface area contributed by atoms with Gasteiger partial charge in [0, 0.05) is 17.5 Å². The summed E-state index contributed by atoms with van der Waals surface area (Å²) in [4.78, 5) is 21.2. The van der Waals surface area contributed by atoms with Crippen molar-refractivity contribution in [2.75, 3.05) is 0 Å². The van der Waals surface area contributed by atoms with Crippen molar-refractivity contribution in [3.63, 3.8) is 0 Å². The summed E-state index contributed by atoms with van der Waals surface area (Å²) in [5, 5.41) is 42.1. The summed E-state index contributed by atoms with van der Waals surface area (Å²) in [6, 6.07) is 8.39. The van der Waals surface area contributed by atoms with Gasteiger partial charge in [0.2, 0.25) is 0 Å². The van der Waals surface area contributed by atoms with Crippen LogP contribution in [0.3, 0.4) is 0 Å². The van der Waals surface area contributed by atoms with Crippen LogP contribution in [0.2, 0.25) is 0 Å². The van der Waals surface area contributed by atoms with Gasteiger partial charge in [0.15, 0.2) is 11.5 Å². The fraction of sp³-hybridized carbons (Fsp3) is 0.368. The van der Waals surface area contributed by atoms with E-state index in [9.17, 15) is 30.4 Å². The van der Waals surface area contributed by atoms with E-state index in [1.807, 2.05) is 20.8 Å². The van der Waals surface area contributed by atoms with E-state index in [-0.39, 0.29) is 5.92 Å². The maximum absolute atomic E-state index is 11.3. The highest BCUT2D eigenvalue weighted by Crippen LogP contribution is 2.45. The Balaban J connectivity index is 2.78. The molecule has 2 rings (SSSR count). The van der Waals surface area contributed by atoms with Crippen LogP contribution in [0.25, 0.3) is 0 Å². The number of nitro groups is 2. The van der Waals surface area contributed by atoms with Crippen LogP contribution >= 0.6 is 0 Å². The van der Waals surface area contributed by atoms with E-state index in [0.29, 0.717) is 24.0 Å². The number of rotatable bonds is 7. The lowest BCUT2D eigenvalue weighted by molar-refractivity contribution is -0.386. The first-order chi connectivity index (χ1) is 12.6. The quantitative estimate of drug-likeness (QED) is 0.536. The smallest absolute Gasteiger partial charge is 0.310 e. The molecule has 0 aliphatic carbocycles. The minimum atomic E-state index is -0.745. The normalized spacial score (nSPS) is 11.6. The first-order valence-electron chi connectivity index (χ1n) is 8.58. The Hall–Kier alpha value is -3.16. The predicted octanol–water partition coefficient (Wildman–Crippen LogP) is 4.66. The van der Waals surface area contributed by atoms with Crippen molar-refractivity contribution in [1.82, 2.24) is 0 Å². The maximum atomic E-state index is 11.3. The molecule has 0 aliphatic rings. The van der Waals surface area contributed by atoms with Crippen LogP contribution in [0.1, 0.15) is 44.7 Å². The molecule has 8 heteroatoms. The molecule has 0 radical (unpaired) electrons. The molecule has 0 aromatic heterocycles. The molecule has 0 unspecified atom stereocenters. The molecule has 0 atom stereocenters. The highest BCUT2D eigenvalue weighted by Gasteiger charge is 2.36. The average molecular weight is 374 g/mol. The lowest BCUT2D eigenvalue weighted by atomic mass is 9.67. The van der Waals surface area contributed by atoms with Crippen LogP contribution in [-0.4, -0.2) is 20.1 Å². The molecule has 8 nitrogen and oxygen atoms in total. The van der Waals surface area contributed by atoms with E-state index in [2.05, 4.69) is 0 Å². The second-order valence-electron chi connectivity index (χ2n) is 6.95. The Morgan fingerprint density at radius 1 is 0.926 bits per heavy atom. The van der Waals surface area contributed by atoms with Crippen molar-refractivity contribution in [2.24, 2.45) is 5.92 Å². The standard InChI is InChI=1S/C19H22N2O6/c1-4-19(11-12(2)3,13-5-7-17(22)15(9-13)20(24)25)14-6-8-18(23)16(10-14)21(26)27/h5-10,12,22-23H,4,11H2,1-3H3. The van der Waals surface area contributed by atoms with Crippen molar-refractivity contribution < 1.29 is 20.1 Å². The number of nitro benzene ring substituents is 2. The molecule has 2 aromatic carbocycles. The van der Waals surface area contributed by atoms with Gasteiger partial charge < -0.3 is 10.2 Å². The molecule has 0 heterocycles.